The zero-order valence-corrected chi connectivity index (χ0v) is 13.1. The van der Waals surface area contributed by atoms with Gasteiger partial charge in [-0.3, -0.25) is 4.99 Å². The molecule has 0 bridgehead atoms. The summed E-state index contributed by atoms with van der Waals surface area (Å²) in [6.07, 6.45) is 5.77. The quantitative estimate of drug-likeness (QED) is 0.612. The summed E-state index contributed by atoms with van der Waals surface area (Å²) in [5, 5.41) is 7.13. The van der Waals surface area contributed by atoms with Crippen molar-refractivity contribution in [1.82, 2.24) is 10.6 Å². The number of rotatable bonds is 4. The molecule has 1 heterocycles. The fraction of sp³-hybridized carbons (Fsp3) is 0.938. The third kappa shape index (κ3) is 2.22. The first-order valence-corrected chi connectivity index (χ1v) is 8.34. The van der Waals surface area contributed by atoms with E-state index < -0.39 is 0 Å². The van der Waals surface area contributed by atoms with E-state index in [-0.39, 0.29) is 0 Å². The molecule has 3 atom stereocenters. The van der Waals surface area contributed by atoms with Gasteiger partial charge in [-0.05, 0) is 32.1 Å². The third-order valence-corrected chi connectivity index (χ3v) is 5.29. The Kier molecular flexibility index (Phi) is 3.93. The lowest BCUT2D eigenvalue weighted by Crippen LogP contribution is -2.72. The van der Waals surface area contributed by atoms with E-state index in [1.807, 2.05) is 0 Å². The first kappa shape index (κ1) is 14.2. The Morgan fingerprint density at radius 2 is 2.20 bits per heavy atom. The average Bonchev–Trinajstić information content (AvgIpc) is 2.76. The highest BCUT2D eigenvalue weighted by Gasteiger charge is 2.66. The van der Waals surface area contributed by atoms with Gasteiger partial charge in [0.15, 0.2) is 5.96 Å². The van der Waals surface area contributed by atoms with Crippen molar-refractivity contribution >= 4 is 5.96 Å². The minimum Gasteiger partial charge on any atom is -0.377 e. The molecule has 3 unspecified atom stereocenters. The lowest BCUT2D eigenvalue weighted by Gasteiger charge is -2.63. The number of aliphatic imine (C=N–C) groups is 1. The van der Waals surface area contributed by atoms with Gasteiger partial charge in [-0.1, -0.05) is 20.3 Å². The second-order valence-electron chi connectivity index (χ2n) is 7.07. The Morgan fingerprint density at radius 1 is 1.40 bits per heavy atom. The van der Waals surface area contributed by atoms with Crippen LogP contribution in [0, 0.1) is 17.3 Å². The molecule has 1 aliphatic heterocycles. The second kappa shape index (κ2) is 5.55. The number of guanidine groups is 1. The van der Waals surface area contributed by atoms with Gasteiger partial charge in [-0.15, -0.1) is 0 Å². The van der Waals surface area contributed by atoms with Crippen LogP contribution in [0.25, 0.3) is 0 Å². The highest BCUT2D eigenvalue weighted by atomic mass is 16.5. The summed E-state index contributed by atoms with van der Waals surface area (Å²) < 4.78 is 5.98. The molecular weight excluding hydrogens is 250 g/mol. The summed E-state index contributed by atoms with van der Waals surface area (Å²) >= 11 is 0. The molecule has 3 rings (SSSR count). The van der Waals surface area contributed by atoms with Crippen molar-refractivity contribution in [1.29, 1.82) is 0 Å². The zero-order valence-electron chi connectivity index (χ0n) is 13.1. The van der Waals surface area contributed by atoms with Gasteiger partial charge in [0.25, 0.3) is 0 Å². The number of nitrogens with zero attached hydrogens (tertiary/aromatic N) is 1. The highest BCUT2D eigenvalue weighted by molar-refractivity contribution is 5.80. The number of nitrogens with one attached hydrogen (secondary N) is 2. The van der Waals surface area contributed by atoms with Crippen LogP contribution in [0.15, 0.2) is 4.99 Å². The monoisotopic (exact) mass is 279 g/mol. The molecule has 2 aliphatic carbocycles. The van der Waals surface area contributed by atoms with Gasteiger partial charge in [-0.2, -0.15) is 0 Å². The molecule has 4 nitrogen and oxygen atoms in total. The summed E-state index contributed by atoms with van der Waals surface area (Å²) in [6, 6.07) is 0.578. The Labute approximate surface area is 122 Å². The molecule has 0 amide bonds. The van der Waals surface area contributed by atoms with Crippen LogP contribution >= 0.6 is 0 Å². The van der Waals surface area contributed by atoms with Crippen LogP contribution in [0.3, 0.4) is 0 Å². The molecule has 0 aromatic carbocycles. The molecule has 1 spiro atoms. The molecular formula is C16H29N3O. The van der Waals surface area contributed by atoms with E-state index in [2.05, 4.69) is 31.4 Å². The Hall–Kier alpha value is -0.770. The van der Waals surface area contributed by atoms with Crippen molar-refractivity contribution in [2.75, 3.05) is 19.7 Å². The standard InChI is InChI=1S/C16H29N3O/c1-4-17-15(18-10-11(2)3)19-13-12-6-9-20-14(12)16(13)7-5-8-16/h11-14H,4-10H2,1-3H3,(H2,17,18,19). The van der Waals surface area contributed by atoms with Crippen LogP contribution in [-0.2, 0) is 4.74 Å². The summed E-state index contributed by atoms with van der Waals surface area (Å²) in [5.74, 6) is 2.31. The predicted octanol–water partition coefficient (Wildman–Crippen LogP) is 2.16. The van der Waals surface area contributed by atoms with Crippen LogP contribution in [0.5, 0.6) is 0 Å². The first-order valence-electron chi connectivity index (χ1n) is 8.34. The van der Waals surface area contributed by atoms with Crippen LogP contribution in [0.2, 0.25) is 0 Å². The van der Waals surface area contributed by atoms with Crippen molar-refractivity contribution in [3.8, 4) is 0 Å². The van der Waals surface area contributed by atoms with E-state index in [1.54, 1.807) is 0 Å². The van der Waals surface area contributed by atoms with Crippen LogP contribution in [0.1, 0.15) is 46.5 Å². The minimum absolute atomic E-state index is 0.426. The number of hydrogen-bond donors (Lipinski definition) is 2. The molecule has 114 valence electrons. The second-order valence-corrected chi connectivity index (χ2v) is 7.07. The van der Waals surface area contributed by atoms with E-state index in [4.69, 9.17) is 9.73 Å². The molecule has 3 fully saturated rings. The maximum atomic E-state index is 5.98. The van der Waals surface area contributed by atoms with Gasteiger partial charge in [0.05, 0.1) is 6.10 Å². The number of fused-ring (bicyclic) bond motifs is 2. The van der Waals surface area contributed by atoms with Crippen molar-refractivity contribution in [3.05, 3.63) is 0 Å². The van der Waals surface area contributed by atoms with Crippen LogP contribution in [-0.4, -0.2) is 37.8 Å². The van der Waals surface area contributed by atoms with E-state index in [0.717, 1.165) is 25.7 Å². The maximum Gasteiger partial charge on any atom is 0.191 e. The Bertz CT molecular complexity index is 376. The summed E-state index contributed by atoms with van der Waals surface area (Å²) in [4.78, 5) is 4.73. The van der Waals surface area contributed by atoms with Gasteiger partial charge in [0.1, 0.15) is 0 Å². The lowest BCUT2D eigenvalue weighted by molar-refractivity contribution is -0.171. The molecule has 4 heteroatoms. The van der Waals surface area contributed by atoms with Crippen molar-refractivity contribution < 1.29 is 4.74 Å². The normalized spacial score (nSPS) is 34.6. The van der Waals surface area contributed by atoms with E-state index >= 15 is 0 Å². The molecule has 20 heavy (non-hydrogen) atoms. The van der Waals surface area contributed by atoms with E-state index in [1.165, 1.54) is 25.7 Å². The minimum atomic E-state index is 0.426. The van der Waals surface area contributed by atoms with Gasteiger partial charge in [-0.25, -0.2) is 0 Å². The van der Waals surface area contributed by atoms with Crippen LogP contribution in [0.4, 0.5) is 0 Å². The van der Waals surface area contributed by atoms with Crippen LogP contribution < -0.4 is 10.6 Å². The third-order valence-electron chi connectivity index (χ3n) is 5.29. The Morgan fingerprint density at radius 3 is 2.80 bits per heavy atom. The first-order chi connectivity index (χ1) is 9.67. The zero-order chi connectivity index (χ0) is 14.2. The summed E-state index contributed by atoms with van der Waals surface area (Å²) in [5.41, 5.74) is 0.426. The van der Waals surface area contributed by atoms with Crippen molar-refractivity contribution in [3.63, 3.8) is 0 Å². The predicted molar refractivity (Wildman–Crippen MR) is 81.9 cm³/mol. The highest BCUT2D eigenvalue weighted by Crippen LogP contribution is 2.62. The molecule has 3 aliphatic rings. The van der Waals surface area contributed by atoms with Gasteiger partial charge in [0.2, 0.25) is 0 Å². The summed E-state index contributed by atoms with van der Waals surface area (Å²) in [7, 11) is 0. The average molecular weight is 279 g/mol. The number of ether oxygens (including phenoxy) is 1. The topological polar surface area (TPSA) is 45.7 Å². The molecule has 2 saturated carbocycles. The molecule has 0 radical (unpaired) electrons. The maximum absolute atomic E-state index is 5.98. The lowest BCUT2D eigenvalue weighted by atomic mass is 9.46. The summed E-state index contributed by atoms with van der Waals surface area (Å²) in [6.45, 7) is 9.33. The Balaban J connectivity index is 1.66. The molecule has 2 N–H and O–H groups in total. The largest absolute Gasteiger partial charge is 0.377 e. The smallest absolute Gasteiger partial charge is 0.191 e. The van der Waals surface area contributed by atoms with Crippen molar-refractivity contribution in [2.24, 2.45) is 22.2 Å². The fourth-order valence-electron chi connectivity index (χ4n) is 4.20. The van der Waals surface area contributed by atoms with Crippen molar-refractivity contribution in [2.45, 2.75) is 58.6 Å². The van der Waals surface area contributed by atoms with Gasteiger partial charge >= 0.3 is 0 Å². The fourth-order valence-corrected chi connectivity index (χ4v) is 4.20. The SMILES string of the molecule is CCNC(=NCC(C)C)NC1C2CCOC2C12CCC2. The van der Waals surface area contributed by atoms with Gasteiger partial charge in [0, 0.05) is 37.1 Å². The van der Waals surface area contributed by atoms with E-state index in [0.29, 0.717) is 29.4 Å². The molecule has 1 saturated heterocycles. The number of hydrogen-bond acceptors (Lipinski definition) is 2. The molecule has 0 aromatic rings. The molecule has 0 aromatic heterocycles. The van der Waals surface area contributed by atoms with E-state index in [9.17, 15) is 0 Å². The van der Waals surface area contributed by atoms with Gasteiger partial charge < -0.3 is 15.4 Å².